The zero-order valence-corrected chi connectivity index (χ0v) is 7.51. The van der Waals surface area contributed by atoms with Crippen LogP contribution in [0.1, 0.15) is 0 Å². The van der Waals surface area contributed by atoms with Crippen LogP contribution in [0.3, 0.4) is 0 Å². The first kappa shape index (κ1) is 14.8. The number of carbonyl (C=O) groups excluding carboxylic acids is 2. The summed E-state index contributed by atoms with van der Waals surface area (Å²) in [7, 11) is 0. The van der Waals surface area contributed by atoms with Crippen molar-refractivity contribution in [2.24, 2.45) is 0 Å². The molecule has 0 saturated heterocycles. The van der Waals surface area contributed by atoms with Crippen LogP contribution in [-0.2, 0) is 19.1 Å². The van der Waals surface area contributed by atoms with Crippen molar-refractivity contribution in [2.45, 2.75) is 0 Å². The van der Waals surface area contributed by atoms with E-state index in [4.69, 9.17) is 10.2 Å². The van der Waals surface area contributed by atoms with Crippen LogP contribution in [0.15, 0.2) is 25.3 Å². The molecule has 0 heterocycles. The number of rotatable bonds is 4. The van der Waals surface area contributed by atoms with Crippen LogP contribution in [0.25, 0.3) is 0 Å². The lowest BCUT2D eigenvalue weighted by Crippen LogP contribution is -1.99. The normalized spacial score (nSPS) is 7.57. The van der Waals surface area contributed by atoms with E-state index in [0.29, 0.717) is 0 Å². The molecular weight excluding hydrogens is 192 g/mol. The van der Waals surface area contributed by atoms with E-state index in [9.17, 15) is 9.59 Å². The summed E-state index contributed by atoms with van der Waals surface area (Å²) >= 11 is 0. The molecular formula is C8H12O6. The van der Waals surface area contributed by atoms with Crippen LogP contribution in [0.2, 0.25) is 0 Å². The Kier molecular flexibility index (Phi) is 12.0. The van der Waals surface area contributed by atoms with Crippen molar-refractivity contribution in [3.8, 4) is 0 Å². The Morgan fingerprint density at radius 1 is 1.00 bits per heavy atom. The molecule has 0 aliphatic carbocycles. The molecule has 0 unspecified atom stereocenters. The summed E-state index contributed by atoms with van der Waals surface area (Å²) in [5.74, 6) is -1.22. The minimum absolute atomic E-state index is 0.579. The zero-order valence-electron chi connectivity index (χ0n) is 7.51. The van der Waals surface area contributed by atoms with E-state index in [-0.39, 0.29) is 0 Å². The van der Waals surface area contributed by atoms with E-state index in [2.05, 4.69) is 22.6 Å². The van der Waals surface area contributed by atoms with Crippen LogP contribution in [0, 0.1) is 0 Å². The van der Waals surface area contributed by atoms with Crippen LogP contribution >= 0.6 is 0 Å². The lowest BCUT2D eigenvalue weighted by atomic mass is 10.7. The van der Waals surface area contributed by atoms with E-state index >= 15 is 0 Å². The van der Waals surface area contributed by atoms with E-state index in [1.807, 2.05) is 0 Å². The molecule has 14 heavy (non-hydrogen) atoms. The topological polar surface area (TPSA) is 93.1 Å². The molecule has 0 fully saturated rings. The molecule has 2 N–H and O–H groups in total. The maximum atomic E-state index is 9.91. The van der Waals surface area contributed by atoms with Gasteiger partial charge in [0, 0.05) is 12.2 Å². The standard InChI is InChI=1S/2C4H6O3/c2*1-2-4(6)7-3-5/h2*2,5H,1,3H2. The Morgan fingerprint density at radius 3 is 1.36 bits per heavy atom. The van der Waals surface area contributed by atoms with Gasteiger partial charge in [-0.15, -0.1) is 0 Å². The summed E-state index contributed by atoms with van der Waals surface area (Å²) < 4.78 is 7.98. The van der Waals surface area contributed by atoms with Gasteiger partial charge in [-0.2, -0.15) is 0 Å². The molecule has 0 aliphatic rings. The number of esters is 2. The smallest absolute Gasteiger partial charge is 0.332 e. The van der Waals surface area contributed by atoms with Gasteiger partial charge >= 0.3 is 11.9 Å². The Hall–Kier alpha value is -1.66. The summed E-state index contributed by atoms with van der Waals surface area (Å²) in [6.45, 7) is 5.03. The third-order valence-electron chi connectivity index (χ3n) is 0.747. The lowest BCUT2D eigenvalue weighted by molar-refractivity contribution is -0.146. The molecule has 0 radical (unpaired) electrons. The first-order valence-corrected chi connectivity index (χ1v) is 3.42. The highest BCUT2D eigenvalue weighted by molar-refractivity contribution is 5.81. The molecule has 0 atom stereocenters. The highest BCUT2D eigenvalue weighted by Crippen LogP contribution is 1.73. The highest BCUT2D eigenvalue weighted by atomic mass is 16.6. The predicted molar refractivity (Wildman–Crippen MR) is 46.7 cm³/mol. The summed E-state index contributed by atoms with van der Waals surface area (Å²) in [6.07, 6.45) is 1.96. The number of aliphatic hydroxyl groups excluding tert-OH is 2. The zero-order chi connectivity index (χ0) is 11.4. The first-order valence-electron chi connectivity index (χ1n) is 3.42. The van der Waals surface area contributed by atoms with Crippen molar-refractivity contribution in [3.63, 3.8) is 0 Å². The van der Waals surface area contributed by atoms with Crippen molar-refractivity contribution < 1.29 is 29.3 Å². The third kappa shape index (κ3) is 13.0. The maximum Gasteiger partial charge on any atom is 0.332 e. The molecule has 0 bridgehead atoms. The third-order valence-corrected chi connectivity index (χ3v) is 0.747. The molecule has 0 amide bonds. The fourth-order valence-corrected chi connectivity index (χ4v) is 0.245. The molecule has 0 aromatic rings. The number of hydrogen-bond acceptors (Lipinski definition) is 6. The fraction of sp³-hybridized carbons (Fsp3) is 0.250. The van der Waals surface area contributed by atoms with Gasteiger partial charge in [0.15, 0.2) is 13.6 Å². The van der Waals surface area contributed by atoms with Crippen molar-refractivity contribution >= 4 is 11.9 Å². The molecule has 0 aromatic carbocycles. The van der Waals surface area contributed by atoms with Gasteiger partial charge in [-0.05, 0) is 0 Å². The van der Waals surface area contributed by atoms with Gasteiger partial charge in [-0.25, -0.2) is 9.59 Å². The molecule has 0 aromatic heterocycles. The van der Waals surface area contributed by atoms with E-state index in [0.717, 1.165) is 12.2 Å². The molecule has 0 rings (SSSR count). The Bertz CT molecular complexity index is 176. The number of carbonyl (C=O) groups is 2. The van der Waals surface area contributed by atoms with E-state index < -0.39 is 25.5 Å². The molecule has 0 saturated carbocycles. The van der Waals surface area contributed by atoms with E-state index in [1.54, 1.807) is 0 Å². The van der Waals surface area contributed by atoms with Crippen molar-refractivity contribution in [1.82, 2.24) is 0 Å². The molecule has 80 valence electrons. The Balaban J connectivity index is 0. The monoisotopic (exact) mass is 204 g/mol. The summed E-state index contributed by atoms with van der Waals surface area (Å²) in [5, 5.41) is 15.8. The van der Waals surface area contributed by atoms with Crippen LogP contribution in [0.4, 0.5) is 0 Å². The Labute approximate surface area is 81.1 Å². The second-order valence-electron chi connectivity index (χ2n) is 1.59. The second-order valence-corrected chi connectivity index (χ2v) is 1.59. The maximum absolute atomic E-state index is 9.91. The SMILES string of the molecule is C=CC(=O)OCO.C=CC(=O)OCO. The quantitative estimate of drug-likeness (QED) is 0.358. The van der Waals surface area contributed by atoms with Gasteiger partial charge in [0.1, 0.15) is 0 Å². The molecule has 0 spiro atoms. The fourth-order valence-electron chi connectivity index (χ4n) is 0.245. The van der Waals surface area contributed by atoms with Gasteiger partial charge in [-0.3, -0.25) is 0 Å². The van der Waals surface area contributed by atoms with Gasteiger partial charge in [0.05, 0.1) is 0 Å². The van der Waals surface area contributed by atoms with Gasteiger partial charge in [-0.1, -0.05) is 13.2 Å². The van der Waals surface area contributed by atoms with Crippen LogP contribution in [-0.4, -0.2) is 35.7 Å². The van der Waals surface area contributed by atoms with Gasteiger partial charge < -0.3 is 19.7 Å². The minimum Gasteiger partial charge on any atom is -0.436 e. The number of ether oxygens (including phenoxy) is 2. The molecule has 6 heteroatoms. The van der Waals surface area contributed by atoms with Crippen molar-refractivity contribution in [3.05, 3.63) is 25.3 Å². The van der Waals surface area contributed by atoms with Crippen LogP contribution < -0.4 is 0 Å². The summed E-state index contributed by atoms with van der Waals surface area (Å²) in [5.41, 5.74) is 0. The van der Waals surface area contributed by atoms with Crippen LogP contribution in [0.5, 0.6) is 0 Å². The average Bonchev–Trinajstić information content (AvgIpc) is 2.19. The number of aliphatic hydroxyl groups is 2. The molecule has 6 nitrogen and oxygen atoms in total. The summed E-state index contributed by atoms with van der Waals surface area (Å²) in [4.78, 5) is 19.8. The van der Waals surface area contributed by atoms with Gasteiger partial charge in [0.2, 0.25) is 0 Å². The van der Waals surface area contributed by atoms with Crippen molar-refractivity contribution in [1.29, 1.82) is 0 Å². The average molecular weight is 204 g/mol. The first-order chi connectivity index (χ1) is 6.62. The summed E-state index contributed by atoms with van der Waals surface area (Å²) in [6, 6.07) is 0. The highest BCUT2D eigenvalue weighted by Gasteiger charge is 1.88. The second kappa shape index (κ2) is 11.3. The largest absolute Gasteiger partial charge is 0.436 e. The van der Waals surface area contributed by atoms with E-state index in [1.165, 1.54) is 0 Å². The predicted octanol–water partition coefficient (Wildman–Crippen LogP) is -0.669. The minimum atomic E-state index is -0.609. The van der Waals surface area contributed by atoms with Gasteiger partial charge in [0.25, 0.3) is 0 Å². The molecule has 0 aliphatic heterocycles. The number of hydrogen-bond donors (Lipinski definition) is 2. The van der Waals surface area contributed by atoms with Crippen molar-refractivity contribution in [2.75, 3.05) is 13.6 Å². The Morgan fingerprint density at radius 2 is 1.29 bits per heavy atom. The lowest BCUT2D eigenvalue weighted by Gasteiger charge is -1.89.